The van der Waals surface area contributed by atoms with E-state index in [0.29, 0.717) is 5.92 Å². The zero-order valence-electron chi connectivity index (χ0n) is 10.3. The van der Waals surface area contributed by atoms with Crippen LogP contribution in [-0.2, 0) is 9.47 Å². The Labute approximate surface area is 98.1 Å². The highest BCUT2D eigenvalue weighted by atomic mass is 16.5. The summed E-state index contributed by atoms with van der Waals surface area (Å²) in [6.45, 7) is 1.72. The van der Waals surface area contributed by atoms with E-state index in [1.807, 2.05) is 0 Å². The van der Waals surface area contributed by atoms with E-state index >= 15 is 0 Å². The maximum Gasteiger partial charge on any atom is 0.0936 e. The molecule has 1 N–H and O–H groups in total. The van der Waals surface area contributed by atoms with Gasteiger partial charge in [0.25, 0.3) is 0 Å². The SMILES string of the molecule is COC1(C(O)CC2CCOCC2)CCCC1. The molecule has 0 spiro atoms. The van der Waals surface area contributed by atoms with Crippen molar-refractivity contribution >= 4 is 0 Å². The summed E-state index contributed by atoms with van der Waals surface area (Å²) < 4.78 is 11.0. The summed E-state index contributed by atoms with van der Waals surface area (Å²) in [6.07, 6.45) is 7.22. The highest BCUT2D eigenvalue weighted by Crippen LogP contribution is 2.38. The molecule has 0 amide bonds. The van der Waals surface area contributed by atoms with E-state index in [2.05, 4.69) is 0 Å². The third-order valence-electron chi connectivity index (χ3n) is 4.36. The molecule has 1 aliphatic heterocycles. The summed E-state index contributed by atoms with van der Waals surface area (Å²) in [5, 5.41) is 10.4. The molecular weight excluding hydrogens is 204 g/mol. The first-order valence-electron chi connectivity index (χ1n) is 6.58. The lowest BCUT2D eigenvalue weighted by atomic mass is 9.84. The van der Waals surface area contributed by atoms with Gasteiger partial charge in [-0.3, -0.25) is 0 Å². The highest BCUT2D eigenvalue weighted by Gasteiger charge is 2.41. The van der Waals surface area contributed by atoms with E-state index in [4.69, 9.17) is 9.47 Å². The summed E-state index contributed by atoms with van der Waals surface area (Å²) in [6, 6.07) is 0. The van der Waals surface area contributed by atoms with Gasteiger partial charge in [-0.15, -0.1) is 0 Å². The van der Waals surface area contributed by atoms with Gasteiger partial charge < -0.3 is 14.6 Å². The van der Waals surface area contributed by atoms with Crippen molar-refractivity contribution in [2.24, 2.45) is 5.92 Å². The lowest BCUT2D eigenvalue weighted by molar-refractivity contribution is -0.109. The van der Waals surface area contributed by atoms with Gasteiger partial charge in [0.2, 0.25) is 0 Å². The van der Waals surface area contributed by atoms with Crippen molar-refractivity contribution in [2.75, 3.05) is 20.3 Å². The van der Waals surface area contributed by atoms with E-state index in [1.54, 1.807) is 7.11 Å². The van der Waals surface area contributed by atoms with Crippen LogP contribution in [0.25, 0.3) is 0 Å². The first kappa shape index (κ1) is 12.3. The molecular formula is C13H24O3. The lowest BCUT2D eigenvalue weighted by Crippen LogP contribution is -2.43. The molecule has 0 radical (unpaired) electrons. The minimum absolute atomic E-state index is 0.238. The van der Waals surface area contributed by atoms with Crippen LogP contribution in [0.4, 0.5) is 0 Å². The molecule has 2 rings (SSSR count). The Morgan fingerprint density at radius 3 is 2.50 bits per heavy atom. The Morgan fingerprint density at radius 1 is 1.31 bits per heavy atom. The highest BCUT2D eigenvalue weighted by molar-refractivity contribution is 4.93. The zero-order chi connectivity index (χ0) is 11.4. The average Bonchev–Trinajstić information content (AvgIpc) is 2.80. The van der Waals surface area contributed by atoms with Crippen LogP contribution < -0.4 is 0 Å². The van der Waals surface area contributed by atoms with Crippen LogP contribution in [0, 0.1) is 5.92 Å². The van der Waals surface area contributed by atoms with Gasteiger partial charge in [-0.25, -0.2) is 0 Å². The van der Waals surface area contributed by atoms with Gasteiger partial charge >= 0.3 is 0 Å². The molecule has 16 heavy (non-hydrogen) atoms. The van der Waals surface area contributed by atoms with Gasteiger partial charge in [0.1, 0.15) is 0 Å². The molecule has 94 valence electrons. The van der Waals surface area contributed by atoms with E-state index in [0.717, 1.165) is 45.3 Å². The minimum Gasteiger partial charge on any atom is -0.390 e. The molecule has 1 saturated carbocycles. The van der Waals surface area contributed by atoms with Gasteiger partial charge in [0.05, 0.1) is 11.7 Å². The van der Waals surface area contributed by atoms with Crippen LogP contribution >= 0.6 is 0 Å². The third kappa shape index (κ3) is 2.58. The second kappa shape index (κ2) is 5.48. The summed E-state index contributed by atoms with van der Waals surface area (Å²) in [7, 11) is 1.75. The predicted molar refractivity (Wildman–Crippen MR) is 62.4 cm³/mol. The first-order valence-corrected chi connectivity index (χ1v) is 6.58. The van der Waals surface area contributed by atoms with Crippen molar-refractivity contribution in [1.29, 1.82) is 0 Å². The monoisotopic (exact) mass is 228 g/mol. The fourth-order valence-electron chi connectivity index (χ4n) is 3.16. The maximum absolute atomic E-state index is 10.4. The topological polar surface area (TPSA) is 38.7 Å². The van der Waals surface area contributed by atoms with Gasteiger partial charge in [-0.05, 0) is 38.0 Å². The lowest BCUT2D eigenvalue weighted by Gasteiger charge is -2.35. The van der Waals surface area contributed by atoms with E-state index in [9.17, 15) is 5.11 Å². The van der Waals surface area contributed by atoms with Gasteiger partial charge in [0.15, 0.2) is 0 Å². The molecule has 0 aromatic rings. The van der Waals surface area contributed by atoms with Gasteiger partial charge in [-0.1, -0.05) is 12.8 Å². The fraction of sp³-hybridized carbons (Fsp3) is 1.00. The number of aliphatic hydroxyl groups is 1. The number of methoxy groups -OCH3 is 1. The van der Waals surface area contributed by atoms with Crippen molar-refractivity contribution in [1.82, 2.24) is 0 Å². The Morgan fingerprint density at radius 2 is 1.94 bits per heavy atom. The van der Waals surface area contributed by atoms with Crippen LogP contribution in [-0.4, -0.2) is 37.1 Å². The number of rotatable bonds is 4. The van der Waals surface area contributed by atoms with Crippen LogP contribution in [0.3, 0.4) is 0 Å². The van der Waals surface area contributed by atoms with Crippen LogP contribution in [0.5, 0.6) is 0 Å². The number of hydrogen-bond acceptors (Lipinski definition) is 3. The van der Waals surface area contributed by atoms with E-state index < -0.39 is 0 Å². The van der Waals surface area contributed by atoms with Gasteiger partial charge in [-0.2, -0.15) is 0 Å². The molecule has 0 aromatic carbocycles. The van der Waals surface area contributed by atoms with Crippen molar-refractivity contribution < 1.29 is 14.6 Å². The van der Waals surface area contributed by atoms with Gasteiger partial charge in [0, 0.05) is 20.3 Å². The van der Waals surface area contributed by atoms with Crippen molar-refractivity contribution in [2.45, 2.75) is 56.7 Å². The average molecular weight is 228 g/mol. The van der Waals surface area contributed by atoms with Crippen molar-refractivity contribution in [3.8, 4) is 0 Å². The normalized spacial score (nSPS) is 28.1. The van der Waals surface area contributed by atoms with Crippen LogP contribution in [0.15, 0.2) is 0 Å². The van der Waals surface area contributed by atoms with Crippen LogP contribution in [0.2, 0.25) is 0 Å². The van der Waals surface area contributed by atoms with Crippen molar-refractivity contribution in [3.63, 3.8) is 0 Å². The molecule has 1 heterocycles. The maximum atomic E-state index is 10.4. The second-order valence-electron chi connectivity index (χ2n) is 5.28. The standard InChI is InChI=1S/C13H24O3/c1-15-13(6-2-3-7-13)12(14)10-11-4-8-16-9-5-11/h11-12,14H,2-10H2,1H3. The second-order valence-corrected chi connectivity index (χ2v) is 5.28. The largest absolute Gasteiger partial charge is 0.390 e. The Kier molecular flexibility index (Phi) is 4.22. The van der Waals surface area contributed by atoms with Crippen LogP contribution in [0.1, 0.15) is 44.9 Å². The summed E-state index contributed by atoms with van der Waals surface area (Å²) >= 11 is 0. The van der Waals surface area contributed by atoms with E-state index in [-0.39, 0.29) is 11.7 Å². The molecule has 0 aromatic heterocycles. The Bertz CT molecular complexity index is 205. The predicted octanol–water partition coefficient (Wildman–Crippen LogP) is 2.12. The van der Waals surface area contributed by atoms with Crippen molar-refractivity contribution in [3.05, 3.63) is 0 Å². The quantitative estimate of drug-likeness (QED) is 0.801. The third-order valence-corrected chi connectivity index (χ3v) is 4.36. The number of aliphatic hydroxyl groups excluding tert-OH is 1. The zero-order valence-corrected chi connectivity index (χ0v) is 10.3. The molecule has 2 aliphatic rings. The molecule has 3 nitrogen and oxygen atoms in total. The minimum atomic E-state index is -0.289. The molecule has 3 heteroatoms. The molecule has 1 saturated heterocycles. The molecule has 2 fully saturated rings. The molecule has 1 aliphatic carbocycles. The number of ether oxygens (including phenoxy) is 2. The fourth-order valence-corrected chi connectivity index (χ4v) is 3.16. The number of hydrogen-bond donors (Lipinski definition) is 1. The smallest absolute Gasteiger partial charge is 0.0936 e. The molecule has 1 atom stereocenters. The molecule has 1 unspecified atom stereocenters. The summed E-state index contributed by atoms with van der Waals surface area (Å²) in [5.41, 5.74) is -0.238. The first-order chi connectivity index (χ1) is 7.77. The summed E-state index contributed by atoms with van der Waals surface area (Å²) in [5.74, 6) is 0.622. The Balaban J connectivity index is 1.87. The summed E-state index contributed by atoms with van der Waals surface area (Å²) in [4.78, 5) is 0. The Hall–Kier alpha value is -0.120. The van der Waals surface area contributed by atoms with E-state index in [1.165, 1.54) is 12.8 Å². The molecule has 0 bridgehead atoms.